The average Bonchev–Trinajstić information content (AvgIpc) is 3.33. The Bertz CT molecular complexity index is 1410. The van der Waals surface area contributed by atoms with Crippen molar-refractivity contribution in [3.05, 3.63) is 65.6 Å². The molecule has 4 aromatic rings. The number of hydrogen-bond donors (Lipinski definition) is 1. The van der Waals surface area contributed by atoms with Crippen molar-refractivity contribution >= 4 is 34.5 Å². The topological polar surface area (TPSA) is 106 Å². The standard InChI is InChI=1S/C28H31ClN8O/c29-21-4-5-25-24(15-21)34-26(23-3-1-2-10-31-23)37(25)22-8-13-36(14-9-22)27(38)20-6-11-35(12-7-20)18-19-16-32-28(30)33-17-19/h1-5,10,15-17,20,22H,6-9,11-14,18H2,(H2,30,32,33). The van der Waals surface area contributed by atoms with Crippen molar-refractivity contribution in [3.63, 3.8) is 0 Å². The van der Waals surface area contributed by atoms with Gasteiger partial charge in [-0.3, -0.25) is 14.7 Å². The van der Waals surface area contributed by atoms with E-state index in [1.54, 1.807) is 18.6 Å². The van der Waals surface area contributed by atoms with E-state index in [1.807, 2.05) is 36.4 Å². The molecule has 2 fully saturated rings. The molecule has 9 nitrogen and oxygen atoms in total. The van der Waals surface area contributed by atoms with E-state index in [0.29, 0.717) is 16.9 Å². The van der Waals surface area contributed by atoms with Gasteiger partial charge in [0.15, 0.2) is 5.82 Å². The van der Waals surface area contributed by atoms with Crippen LogP contribution < -0.4 is 5.73 Å². The minimum Gasteiger partial charge on any atom is -0.368 e. The second kappa shape index (κ2) is 10.7. The second-order valence-electron chi connectivity index (χ2n) is 10.2. The van der Waals surface area contributed by atoms with Gasteiger partial charge in [-0.2, -0.15) is 0 Å². The number of hydrogen-bond acceptors (Lipinski definition) is 7. The number of halogens is 1. The molecule has 2 aliphatic rings. The summed E-state index contributed by atoms with van der Waals surface area (Å²) < 4.78 is 2.30. The van der Waals surface area contributed by atoms with Crippen molar-refractivity contribution in [2.24, 2.45) is 5.92 Å². The van der Waals surface area contributed by atoms with Crippen LogP contribution in [-0.4, -0.2) is 66.4 Å². The Balaban J connectivity index is 1.10. The first kappa shape index (κ1) is 24.8. The summed E-state index contributed by atoms with van der Waals surface area (Å²) in [4.78, 5) is 35.5. The highest BCUT2D eigenvalue weighted by molar-refractivity contribution is 6.31. The SMILES string of the molecule is Nc1ncc(CN2CCC(C(=O)N3CCC(n4c(-c5ccccn5)nc5cc(Cl)ccc54)CC3)CC2)cn1. The fourth-order valence-electron chi connectivity index (χ4n) is 5.76. The van der Waals surface area contributed by atoms with Gasteiger partial charge in [-0.1, -0.05) is 17.7 Å². The monoisotopic (exact) mass is 530 g/mol. The van der Waals surface area contributed by atoms with Crippen molar-refractivity contribution in [1.29, 1.82) is 0 Å². The highest BCUT2D eigenvalue weighted by Crippen LogP contribution is 2.34. The molecule has 0 spiro atoms. The number of nitrogens with zero attached hydrogens (tertiary/aromatic N) is 7. The summed E-state index contributed by atoms with van der Waals surface area (Å²) in [7, 11) is 0. The molecule has 3 aromatic heterocycles. The van der Waals surface area contributed by atoms with Crippen LogP contribution in [0.5, 0.6) is 0 Å². The van der Waals surface area contributed by atoms with Crippen molar-refractivity contribution in [2.75, 3.05) is 31.9 Å². The molecule has 0 unspecified atom stereocenters. The average molecular weight is 531 g/mol. The van der Waals surface area contributed by atoms with Crippen molar-refractivity contribution in [2.45, 2.75) is 38.3 Å². The number of carbonyl (C=O) groups excluding carboxylic acids is 1. The quantitative estimate of drug-likeness (QED) is 0.412. The number of amides is 1. The van der Waals surface area contributed by atoms with E-state index in [-0.39, 0.29) is 12.0 Å². The molecule has 0 radical (unpaired) electrons. The zero-order valence-electron chi connectivity index (χ0n) is 21.2. The second-order valence-corrected chi connectivity index (χ2v) is 10.6. The Hall–Kier alpha value is -3.56. The van der Waals surface area contributed by atoms with E-state index in [0.717, 1.165) is 86.5 Å². The van der Waals surface area contributed by atoms with Crippen LogP contribution in [0.25, 0.3) is 22.6 Å². The first-order valence-electron chi connectivity index (χ1n) is 13.2. The summed E-state index contributed by atoms with van der Waals surface area (Å²) >= 11 is 6.27. The minimum absolute atomic E-state index is 0.0887. The van der Waals surface area contributed by atoms with Gasteiger partial charge in [-0.15, -0.1) is 0 Å². The molecule has 196 valence electrons. The van der Waals surface area contributed by atoms with Crippen molar-refractivity contribution < 1.29 is 4.79 Å². The van der Waals surface area contributed by atoms with Crippen LogP contribution in [0.4, 0.5) is 5.95 Å². The molecule has 2 N–H and O–H groups in total. The number of nitrogens with two attached hydrogens (primary N) is 1. The fraction of sp³-hybridized carbons (Fsp3) is 0.393. The summed E-state index contributed by atoms with van der Waals surface area (Å²) in [5.41, 5.74) is 9.41. The summed E-state index contributed by atoms with van der Waals surface area (Å²) in [6, 6.07) is 12.0. The molecule has 2 aliphatic heterocycles. The Kier molecular flexibility index (Phi) is 6.95. The molecule has 0 atom stereocenters. The number of pyridine rings is 1. The van der Waals surface area contributed by atoms with Gasteiger partial charge in [0.05, 0.1) is 11.0 Å². The Morgan fingerprint density at radius 1 is 0.974 bits per heavy atom. The summed E-state index contributed by atoms with van der Waals surface area (Å²) in [5, 5.41) is 0.669. The maximum Gasteiger partial charge on any atom is 0.225 e. The van der Waals surface area contributed by atoms with Gasteiger partial charge in [0.25, 0.3) is 0 Å². The predicted molar refractivity (Wildman–Crippen MR) is 147 cm³/mol. The molecule has 10 heteroatoms. The van der Waals surface area contributed by atoms with Crippen LogP contribution in [-0.2, 0) is 11.3 Å². The van der Waals surface area contributed by atoms with Crippen LogP contribution in [0.15, 0.2) is 55.0 Å². The van der Waals surface area contributed by atoms with Gasteiger partial charge in [0.2, 0.25) is 11.9 Å². The molecule has 2 saturated heterocycles. The normalized spacial score (nSPS) is 17.8. The number of benzene rings is 1. The van der Waals surface area contributed by atoms with Crippen molar-refractivity contribution in [3.8, 4) is 11.5 Å². The first-order chi connectivity index (χ1) is 18.5. The molecule has 5 heterocycles. The minimum atomic E-state index is 0.0887. The molecule has 0 aliphatic carbocycles. The lowest BCUT2D eigenvalue weighted by Gasteiger charge is -2.38. The van der Waals surface area contributed by atoms with E-state index in [1.165, 1.54) is 0 Å². The highest BCUT2D eigenvalue weighted by Gasteiger charge is 2.32. The zero-order chi connectivity index (χ0) is 26.1. The van der Waals surface area contributed by atoms with E-state index in [2.05, 4.69) is 29.3 Å². The number of aromatic nitrogens is 5. The van der Waals surface area contributed by atoms with Crippen LogP contribution in [0.3, 0.4) is 0 Å². The number of carbonyl (C=O) groups is 1. The largest absolute Gasteiger partial charge is 0.368 e. The molecule has 0 saturated carbocycles. The predicted octanol–water partition coefficient (Wildman–Crippen LogP) is 4.20. The molecule has 38 heavy (non-hydrogen) atoms. The fourth-order valence-corrected chi connectivity index (χ4v) is 5.93. The van der Waals surface area contributed by atoms with Crippen LogP contribution in [0.1, 0.15) is 37.3 Å². The van der Waals surface area contributed by atoms with Gasteiger partial charge in [0.1, 0.15) is 5.69 Å². The zero-order valence-corrected chi connectivity index (χ0v) is 22.0. The van der Waals surface area contributed by atoms with Gasteiger partial charge in [-0.25, -0.2) is 15.0 Å². The summed E-state index contributed by atoms with van der Waals surface area (Å²) in [6.07, 6.45) is 8.88. The highest BCUT2D eigenvalue weighted by atomic mass is 35.5. The molecule has 0 bridgehead atoms. The molecular weight excluding hydrogens is 500 g/mol. The molecule has 1 amide bonds. The molecule has 1 aromatic carbocycles. The maximum absolute atomic E-state index is 13.4. The van der Waals surface area contributed by atoms with Gasteiger partial charge >= 0.3 is 0 Å². The number of nitrogen functional groups attached to an aromatic ring is 1. The van der Waals surface area contributed by atoms with Crippen LogP contribution in [0.2, 0.25) is 5.02 Å². The number of imidazole rings is 1. The third kappa shape index (κ3) is 5.08. The Labute approximate surface area is 226 Å². The summed E-state index contributed by atoms with van der Waals surface area (Å²) in [6.45, 7) is 4.08. The third-order valence-corrected chi connectivity index (χ3v) is 7.99. The Morgan fingerprint density at radius 3 is 2.45 bits per heavy atom. The Morgan fingerprint density at radius 2 is 1.74 bits per heavy atom. The number of piperidine rings is 2. The number of likely N-dealkylation sites (tertiary alicyclic amines) is 2. The number of anilines is 1. The lowest BCUT2D eigenvalue weighted by Crippen LogP contribution is -2.45. The molecular formula is C28H31ClN8O. The molecule has 6 rings (SSSR count). The van der Waals surface area contributed by atoms with Gasteiger partial charge < -0.3 is 15.2 Å². The van der Waals surface area contributed by atoms with Crippen LogP contribution in [0, 0.1) is 5.92 Å². The first-order valence-corrected chi connectivity index (χ1v) is 13.6. The van der Waals surface area contributed by atoms with E-state index in [9.17, 15) is 4.79 Å². The lowest BCUT2D eigenvalue weighted by atomic mass is 9.93. The number of rotatable bonds is 5. The maximum atomic E-state index is 13.4. The van der Waals surface area contributed by atoms with E-state index < -0.39 is 0 Å². The van der Waals surface area contributed by atoms with E-state index >= 15 is 0 Å². The smallest absolute Gasteiger partial charge is 0.225 e. The lowest BCUT2D eigenvalue weighted by molar-refractivity contribution is -0.138. The van der Waals surface area contributed by atoms with Crippen molar-refractivity contribution in [1.82, 2.24) is 34.3 Å². The van der Waals surface area contributed by atoms with Gasteiger partial charge in [-0.05, 0) is 69.1 Å². The summed E-state index contributed by atoms with van der Waals surface area (Å²) in [5.74, 6) is 1.53. The van der Waals surface area contributed by atoms with Crippen LogP contribution >= 0.6 is 11.6 Å². The number of fused-ring (bicyclic) bond motifs is 1. The van der Waals surface area contributed by atoms with Gasteiger partial charge in [0, 0.05) is 60.8 Å². The van der Waals surface area contributed by atoms with E-state index in [4.69, 9.17) is 22.3 Å². The third-order valence-electron chi connectivity index (χ3n) is 7.76.